The summed E-state index contributed by atoms with van der Waals surface area (Å²) in [5.41, 5.74) is 0. The molecule has 0 bridgehead atoms. The summed E-state index contributed by atoms with van der Waals surface area (Å²) in [4.78, 5) is 10.8. The Morgan fingerprint density at radius 1 is 1.50 bits per heavy atom. The maximum absolute atomic E-state index is 10.8. The van der Waals surface area contributed by atoms with Gasteiger partial charge >= 0.3 is 0 Å². The largest absolute Gasteiger partial charge is 0.320 e. The molecule has 0 amide bonds. The fraction of sp³-hybridized carbons (Fsp3) is 0.857. The SMILES string of the molecule is CNCC[C@H](NC)C(C)=O. The molecule has 0 fully saturated rings. The molecule has 3 heteroatoms. The number of carbonyl (C=O) groups excluding carboxylic acids is 1. The minimum atomic E-state index is 0.0208. The van der Waals surface area contributed by atoms with Gasteiger partial charge in [-0.05, 0) is 34.0 Å². The van der Waals surface area contributed by atoms with Gasteiger partial charge in [0, 0.05) is 0 Å². The number of likely N-dealkylation sites (N-methyl/N-ethyl adjacent to an activating group) is 1. The Morgan fingerprint density at radius 3 is 2.40 bits per heavy atom. The predicted octanol–water partition coefficient (Wildman–Crippen LogP) is -0.227. The van der Waals surface area contributed by atoms with E-state index < -0.39 is 0 Å². The van der Waals surface area contributed by atoms with Crippen LogP contribution in [0.25, 0.3) is 0 Å². The van der Waals surface area contributed by atoms with E-state index in [-0.39, 0.29) is 11.8 Å². The van der Waals surface area contributed by atoms with Gasteiger partial charge in [-0.15, -0.1) is 0 Å². The van der Waals surface area contributed by atoms with Crippen molar-refractivity contribution in [3.05, 3.63) is 0 Å². The second-order valence-electron chi connectivity index (χ2n) is 2.34. The number of Topliss-reactive ketones (excluding diaryl/α,β-unsaturated/α-hetero) is 1. The topological polar surface area (TPSA) is 41.1 Å². The summed E-state index contributed by atoms with van der Waals surface area (Å²) in [6.07, 6.45) is 0.863. The summed E-state index contributed by atoms with van der Waals surface area (Å²) < 4.78 is 0. The second-order valence-corrected chi connectivity index (χ2v) is 2.34. The number of hydrogen-bond acceptors (Lipinski definition) is 3. The van der Waals surface area contributed by atoms with Gasteiger partial charge in [0.05, 0.1) is 6.04 Å². The first-order chi connectivity index (χ1) is 4.72. The van der Waals surface area contributed by atoms with Crippen LogP contribution in [0.5, 0.6) is 0 Å². The molecular weight excluding hydrogens is 128 g/mol. The van der Waals surface area contributed by atoms with Gasteiger partial charge in [-0.2, -0.15) is 0 Å². The van der Waals surface area contributed by atoms with Crippen molar-refractivity contribution in [2.75, 3.05) is 20.6 Å². The molecule has 1 atom stereocenters. The fourth-order valence-corrected chi connectivity index (χ4v) is 0.840. The third kappa shape index (κ3) is 3.58. The normalized spacial score (nSPS) is 13.1. The Kier molecular flexibility index (Phi) is 5.16. The summed E-state index contributed by atoms with van der Waals surface area (Å²) in [6, 6.07) is 0.0208. The Bertz CT molecular complexity index is 104. The van der Waals surface area contributed by atoms with Crippen molar-refractivity contribution in [3.8, 4) is 0 Å². The average molecular weight is 144 g/mol. The van der Waals surface area contributed by atoms with Gasteiger partial charge in [-0.25, -0.2) is 0 Å². The minimum absolute atomic E-state index is 0.0208. The molecule has 0 saturated carbocycles. The molecule has 60 valence electrons. The number of nitrogens with one attached hydrogen (secondary N) is 2. The van der Waals surface area contributed by atoms with E-state index in [0.29, 0.717) is 0 Å². The molecule has 3 nitrogen and oxygen atoms in total. The summed E-state index contributed by atoms with van der Waals surface area (Å²) >= 11 is 0. The molecule has 0 aromatic heterocycles. The van der Waals surface area contributed by atoms with E-state index >= 15 is 0 Å². The van der Waals surface area contributed by atoms with E-state index in [2.05, 4.69) is 10.6 Å². The van der Waals surface area contributed by atoms with Crippen LogP contribution in [0.15, 0.2) is 0 Å². The van der Waals surface area contributed by atoms with Crippen LogP contribution in [0.3, 0.4) is 0 Å². The van der Waals surface area contributed by atoms with Crippen LogP contribution in [-0.2, 0) is 4.79 Å². The zero-order valence-corrected chi connectivity index (χ0v) is 6.90. The molecule has 0 unspecified atom stereocenters. The maximum atomic E-state index is 10.8. The molecule has 0 aromatic carbocycles. The molecule has 2 N–H and O–H groups in total. The van der Waals surface area contributed by atoms with E-state index in [1.807, 2.05) is 14.1 Å². The van der Waals surface area contributed by atoms with Gasteiger partial charge in [-0.3, -0.25) is 4.79 Å². The van der Waals surface area contributed by atoms with Crippen molar-refractivity contribution in [2.24, 2.45) is 0 Å². The third-order valence-electron chi connectivity index (χ3n) is 1.52. The zero-order valence-electron chi connectivity index (χ0n) is 6.90. The van der Waals surface area contributed by atoms with Crippen LogP contribution in [0, 0.1) is 0 Å². The maximum Gasteiger partial charge on any atom is 0.146 e. The van der Waals surface area contributed by atoms with Crippen LogP contribution in [0.4, 0.5) is 0 Å². The van der Waals surface area contributed by atoms with Gasteiger partial charge in [0.1, 0.15) is 5.78 Å². The molecule has 0 spiro atoms. The molecular formula is C7H16N2O. The molecule has 0 saturated heterocycles. The van der Waals surface area contributed by atoms with E-state index in [1.54, 1.807) is 6.92 Å². The monoisotopic (exact) mass is 144 g/mol. The summed E-state index contributed by atoms with van der Waals surface area (Å²) in [6.45, 7) is 2.49. The van der Waals surface area contributed by atoms with Crippen LogP contribution >= 0.6 is 0 Å². The van der Waals surface area contributed by atoms with E-state index in [0.717, 1.165) is 13.0 Å². The van der Waals surface area contributed by atoms with Gasteiger partial charge in [0.25, 0.3) is 0 Å². The highest BCUT2D eigenvalue weighted by atomic mass is 16.1. The van der Waals surface area contributed by atoms with Crippen molar-refractivity contribution >= 4 is 5.78 Å². The number of ketones is 1. The highest BCUT2D eigenvalue weighted by Gasteiger charge is 2.08. The lowest BCUT2D eigenvalue weighted by Gasteiger charge is -2.10. The van der Waals surface area contributed by atoms with E-state index in [4.69, 9.17) is 0 Å². The lowest BCUT2D eigenvalue weighted by Crippen LogP contribution is -2.34. The molecule has 0 rings (SSSR count). The van der Waals surface area contributed by atoms with Crippen molar-refractivity contribution in [1.82, 2.24) is 10.6 Å². The lowest BCUT2D eigenvalue weighted by atomic mass is 10.1. The minimum Gasteiger partial charge on any atom is -0.320 e. The van der Waals surface area contributed by atoms with Gasteiger partial charge < -0.3 is 10.6 Å². The third-order valence-corrected chi connectivity index (χ3v) is 1.52. The lowest BCUT2D eigenvalue weighted by molar-refractivity contribution is -0.118. The number of hydrogen-bond donors (Lipinski definition) is 2. The van der Waals surface area contributed by atoms with Crippen molar-refractivity contribution in [3.63, 3.8) is 0 Å². The van der Waals surface area contributed by atoms with Crippen molar-refractivity contribution < 1.29 is 4.79 Å². The molecule has 0 aromatic rings. The smallest absolute Gasteiger partial charge is 0.146 e. The van der Waals surface area contributed by atoms with Gasteiger partial charge in [0.15, 0.2) is 0 Å². The molecule has 0 aliphatic heterocycles. The van der Waals surface area contributed by atoms with Crippen molar-refractivity contribution in [2.45, 2.75) is 19.4 Å². The van der Waals surface area contributed by atoms with Crippen LogP contribution in [0.1, 0.15) is 13.3 Å². The molecule has 0 radical (unpaired) electrons. The zero-order chi connectivity index (χ0) is 7.98. The molecule has 0 aliphatic rings. The van der Waals surface area contributed by atoms with Crippen LogP contribution < -0.4 is 10.6 Å². The van der Waals surface area contributed by atoms with Crippen molar-refractivity contribution in [1.29, 1.82) is 0 Å². The molecule has 0 aliphatic carbocycles. The second kappa shape index (κ2) is 5.38. The quantitative estimate of drug-likeness (QED) is 0.560. The first kappa shape index (κ1) is 9.59. The summed E-state index contributed by atoms with van der Waals surface area (Å²) in [7, 11) is 3.69. The Labute approximate surface area is 62.2 Å². The standard InChI is InChI=1S/C7H16N2O/c1-6(10)7(9-3)4-5-8-2/h7-9H,4-5H2,1-3H3/t7-/m0/s1. The summed E-state index contributed by atoms with van der Waals surface area (Å²) in [5.74, 6) is 0.206. The Hall–Kier alpha value is -0.410. The highest BCUT2D eigenvalue weighted by Crippen LogP contribution is 1.90. The molecule has 0 heterocycles. The first-order valence-electron chi connectivity index (χ1n) is 3.54. The highest BCUT2D eigenvalue weighted by molar-refractivity contribution is 5.81. The van der Waals surface area contributed by atoms with Gasteiger partial charge in [0.2, 0.25) is 0 Å². The first-order valence-corrected chi connectivity index (χ1v) is 3.54. The number of carbonyl (C=O) groups is 1. The Balaban J connectivity index is 3.50. The number of rotatable bonds is 5. The fourth-order valence-electron chi connectivity index (χ4n) is 0.840. The van der Waals surface area contributed by atoms with Crippen LogP contribution in [-0.4, -0.2) is 32.5 Å². The average Bonchev–Trinajstić information content (AvgIpc) is 1.89. The van der Waals surface area contributed by atoms with Gasteiger partial charge in [-0.1, -0.05) is 0 Å². The molecule has 10 heavy (non-hydrogen) atoms. The van der Waals surface area contributed by atoms with E-state index in [9.17, 15) is 4.79 Å². The predicted molar refractivity (Wildman–Crippen MR) is 42.1 cm³/mol. The summed E-state index contributed by atoms with van der Waals surface area (Å²) in [5, 5.41) is 5.94. The van der Waals surface area contributed by atoms with E-state index in [1.165, 1.54) is 0 Å². The Morgan fingerprint density at radius 2 is 2.10 bits per heavy atom. The van der Waals surface area contributed by atoms with Crippen LogP contribution in [0.2, 0.25) is 0 Å².